The number of nitrogens with zero attached hydrogens (tertiary/aromatic N) is 1. The van der Waals surface area contributed by atoms with E-state index in [1.54, 1.807) is 14.2 Å². The molecule has 0 saturated heterocycles. The second-order valence-corrected chi connectivity index (χ2v) is 5.93. The second-order valence-electron chi connectivity index (χ2n) is 5.93. The molecule has 1 aliphatic rings. The fraction of sp³-hybridized carbons (Fsp3) is 0.588. The molecule has 8 heteroatoms. The van der Waals surface area contributed by atoms with Crippen LogP contribution >= 0.6 is 24.8 Å². The first-order valence-corrected chi connectivity index (χ1v) is 8.03. The van der Waals surface area contributed by atoms with Gasteiger partial charge in [0.2, 0.25) is 5.91 Å². The van der Waals surface area contributed by atoms with Crippen molar-refractivity contribution in [1.82, 2.24) is 10.2 Å². The summed E-state index contributed by atoms with van der Waals surface area (Å²) in [6.45, 7) is 5.53. The summed E-state index contributed by atoms with van der Waals surface area (Å²) in [6, 6.07) is 4.12. The number of rotatable bonds is 7. The van der Waals surface area contributed by atoms with Crippen molar-refractivity contribution in [3.8, 4) is 11.5 Å². The van der Waals surface area contributed by atoms with Crippen molar-refractivity contribution in [2.24, 2.45) is 11.7 Å². The molecule has 0 radical (unpaired) electrons. The zero-order valence-corrected chi connectivity index (χ0v) is 16.7. The molecule has 0 aromatic heterocycles. The maximum atomic E-state index is 11.7. The van der Waals surface area contributed by atoms with Gasteiger partial charge in [0.1, 0.15) is 0 Å². The number of fused-ring (bicyclic) bond motifs is 1. The maximum Gasteiger partial charge on any atom is 0.224 e. The standard InChI is InChI=1S/C17H27N3O3.2ClH/c1-12(10-18)17(21)19-5-7-20-6-4-13-8-15(22-2)16(23-3)9-14(13)11-20;;/h8-9,12H,4-7,10-11,18H2,1-3H3,(H,19,21);2*1H. The summed E-state index contributed by atoms with van der Waals surface area (Å²) in [5, 5.41) is 2.94. The molecule has 2 rings (SSSR count). The number of hydrogen-bond acceptors (Lipinski definition) is 5. The molecule has 1 heterocycles. The van der Waals surface area contributed by atoms with Crippen molar-refractivity contribution < 1.29 is 14.3 Å². The number of ether oxygens (including phenoxy) is 2. The lowest BCUT2D eigenvalue weighted by Crippen LogP contribution is -2.40. The fourth-order valence-electron chi connectivity index (χ4n) is 2.75. The van der Waals surface area contributed by atoms with Crippen molar-refractivity contribution in [2.75, 3.05) is 40.4 Å². The van der Waals surface area contributed by atoms with Gasteiger partial charge in [0.05, 0.1) is 14.2 Å². The summed E-state index contributed by atoms with van der Waals surface area (Å²) in [5.74, 6) is 1.44. The molecular weight excluding hydrogens is 365 g/mol. The van der Waals surface area contributed by atoms with Crippen LogP contribution in [0, 0.1) is 5.92 Å². The third kappa shape index (κ3) is 6.22. The second kappa shape index (κ2) is 11.4. The van der Waals surface area contributed by atoms with Crippen molar-refractivity contribution in [1.29, 1.82) is 0 Å². The van der Waals surface area contributed by atoms with Gasteiger partial charge >= 0.3 is 0 Å². The molecule has 1 unspecified atom stereocenters. The molecule has 1 atom stereocenters. The normalized spacial score (nSPS) is 14.4. The Bertz CT molecular complexity index is 558. The Kier molecular flexibility index (Phi) is 10.9. The van der Waals surface area contributed by atoms with Crippen molar-refractivity contribution in [3.05, 3.63) is 23.3 Å². The topological polar surface area (TPSA) is 76.8 Å². The van der Waals surface area contributed by atoms with E-state index in [2.05, 4.69) is 22.3 Å². The Hall–Kier alpha value is -1.21. The summed E-state index contributed by atoms with van der Waals surface area (Å²) >= 11 is 0. The molecular formula is C17H29Cl2N3O3. The Morgan fingerprint density at radius 2 is 1.84 bits per heavy atom. The van der Waals surface area contributed by atoms with Gasteiger partial charge < -0.3 is 20.5 Å². The number of halogens is 2. The number of carbonyl (C=O) groups excluding carboxylic acids is 1. The highest BCUT2D eigenvalue weighted by Crippen LogP contribution is 2.33. The van der Waals surface area contributed by atoms with Gasteiger partial charge in [-0.1, -0.05) is 6.92 Å². The summed E-state index contributed by atoms with van der Waals surface area (Å²) in [6.07, 6.45) is 0.975. The van der Waals surface area contributed by atoms with E-state index in [-0.39, 0.29) is 36.6 Å². The molecule has 1 aliphatic heterocycles. The molecule has 0 spiro atoms. The van der Waals surface area contributed by atoms with Gasteiger partial charge in [-0.2, -0.15) is 0 Å². The first-order chi connectivity index (χ1) is 11.1. The van der Waals surface area contributed by atoms with Gasteiger partial charge in [0.25, 0.3) is 0 Å². The van der Waals surface area contributed by atoms with Crippen LogP contribution in [0.25, 0.3) is 0 Å². The van der Waals surface area contributed by atoms with E-state index in [1.165, 1.54) is 11.1 Å². The quantitative estimate of drug-likeness (QED) is 0.735. The van der Waals surface area contributed by atoms with Gasteiger partial charge in [0, 0.05) is 38.6 Å². The molecule has 0 fully saturated rings. The largest absolute Gasteiger partial charge is 0.493 e. The SMILES string of the molecule is COc1cc2c(cc1OC)CN(CCNC(=O)C(C)CN)CC2.Cl.Cl. The fourth-order valence-corrected chi connectivity index (χ4v) is 2.75. The predicted octanol–water partition coefficient (Wildman–Crippen LogP) is 1.62. The van der Waals surface area contributed by atoms with E-state index in [4.69, 9.17) is 15.2 Å². The third-order valence-electron chi connectivity index (χ3n) is 4.33. The average molecular weight is 394 g/mol. The summed E-state index contributed by atoms with van der Waals surface area (Å²) < 4.78 is 10.7. The summed E-state index contributed by atoms with van der Waals surface area (Å²) in [7, 11) is 3.31. The number of nitrogens with two attached hydrogens (primary N) is 1. The van der Waals surface area contributed by atoms with Crippen LogP contribution in [-0.2, 0) is 17.8 Å². The number of nitrogens with one attached hydrogen (secondary N) is 1. The molecule has 25 heavy (non-hydrogen) atoms. The number of benzene rings is 1. The Balaban J connectivity index is 0.00000288. The van der Waals surface area contributed by atoms with Crippen LogP contribution in [0.15, 0.2) is 12.1 Å². The van der Waals surface area contributed by atoms with E-state index in [1.807, 2.05) is 6.92 Å². The van der Waals surface area contributed by atoms with Crippen LogP contribution in [0.4, 0.5) is 0 Å². The number of carbonyl (C=O) groups is 1. The molecule has 0 bridgehead atoms. The van der Waals surface area contributed by atoms with Gasteiger partial charge in [-0.25, -0.2) is 0 Å². The Morgan fingerprint density at radius 3 is 2.40 bits per heavy atom. The molecule has 0 aliphatic carbocycles. The van der Waals surface area contributed by atoms with Crippen LogP contribution in [0.3, 0.4) is 0 Å². The van der Waals surface area contributed by atoms with Gasteiger partial charge in [-0.3, -0.25) is 9.69 Å². The molecule has 0 saturated carbocycles. The lowest BCUT2D eigenvalue weighted by Gasteiger charge is -2.29. The molecule has 144 valence electrons. The summed E-state index contributed by atoms with van der Waals surface area (Å²) in [4.78, 5) is 14.1. The molecule has 3 N–H and O–H groups in total. The van der Waals surface area contributed by atoms with Crippen LogP contribution < -0.4 is 20.5 Å². The van der Waals surface area contributed by atoms with Crippen LogP contribution in [-0.4, -0.2) is 51.2 Å². The number of methoxy groups -OCH3 is 2. The van der Waals surface area contributed by atoms with Crippen LogP contribution in [0.2, 0.25) is 0 Å². The minimum Gasteiger partial charge on any atom is -0.493 e. The Labute approximate surface area is 162 Å². The number of hydrogen-bond donors (Lipinski definition) is 2. The van der Waals surface area contributed by atoms with Crippen molar-refractivity contribution in [2.45, 2.75) is 19.9 Å². The average Bonchev–Trinajstić information content (AvgIpc) is 2.59. The molecule has 1 aromatic rings. The maximum absolute atomic E-state index is 11.7. The van der Waals surface area contributed by atoms with E-state index in [9.17, 15) is 4.79 Å². The smallest absolute Gasteiger partial charge is 0.224 e. The third-order valence-corrected chi connectivity index (χ3v) is 4.33. The minimum absolute atomic E-state index is 0. The van der Waals surface area contributed by atoms with Gasteiger partial charge in [-0.05, 0) is 29.7 Å². The Morgan fingerprint density at radius 1 is 1.24 bits per heavy atom. The molecule has 6 nitrogen and oxygen atoms in total. The predicted molar refractivity (Wildman–Crippen MR) is 104 cm³/mol. The van der Waals surface area contributed by atoms with E-state index < -0.39 is 0 Å². The van der Waals surface area contributed by atoms with Crippen molar-refractivity contribution >= 4 is 30.7 Å². The van der Waals surface area contributed by atoms with E-state index in [0.29, 0.717) is 13.1 Å². The zero-order valence-electron chi connectivity index (χ0n) is 15.0. The van der Waals surface area contributed by atoms with Crippen LogP contribution in [0.5, 0.6) is 11.5 Å². The first kappa shape index (κ1) is 23.8. The highest BCUT2D eigenvalue weighted by molar-refractivity contribution is 5.85. The van der Waals surface area contributed by atoms with Gasteiger partial charge in [0.15, 0.2) is 11.5 Å². The van der Waals surface area contributed by atoms with Gasteiger partial charge in [-0.15, -0.1) is 24.8 Å². The highest BCUT2D eigenvalue weighted by atomic mass is 35.5. The molecule has 1 aromatic carbocycles. The lowest BCUT2D eigenvalue weighted by atomic mass is 9.99. The van der Waals surface area contributed by atoms with E-state index in [0.717, 1.165) is 37.6 Å². The van der Waals surface area contributed by atoms with E-state index >= 15 is 0 Å². The number of amides is 1. The first-order valence-electron chi connectivity index (χ1n) is 8.03. The minimum atomic E-state index is -0.131. The van der Waals surface area contributed by atoms with Crippen molar-refractivity contribution in [3.63, 3.8) is 0 Å². The molecule has 1 amide bonds. The highest BCUT2D eigenvalue weighted by Gasteiger charge is 2.19. The monoisotopic (exact) mass is 393 g/mol. The van der Waals surface area contributed by atoms with Crippen LogP contribution in [0.1, 0.15) is 18.1 Å². The lowest BCUT2D eigenvalue weighted by molar-refractivity contribution is -0.124. The summed E-state index contributed by atoms with van der Waals surface area (Å²) in [5.41, 5.74) is 8.06. The zero-order chi connectivity index (χ0) is 16.8.